The number of benzene rings is 2. The quantitative estimate of drug-likeness (QED) is 0.581. The first kappa shape index (κ1) is 22.4. The van der Waals surface area contributed by atoms with Crippen molar-refractivity contribution >= 4 is 34.8 Å². The smallest absolute Gasteiger partial charge is 0.237 e. The molecule has 172 valence electrons. The molecule has 1 fully saturated rings. The van der Waals surface area contributed by atoms with E-state index in [0.717, 1.165) is 49.3 Å². The SMILES string of the molecule is CN1C(=O)C2(CCN(Cc3cnn(CC(O)c4ccccc4Cl)c3)CC2)c2cc(Cl)ccc21. The van der Waals surface area contributed by atoms with Crippen LogP contribution >= 0.6 is 23.2 Å². The minimum atomic E-state index is -0.724. The molecule has 0 bridgehead atoms. The fourth-order valence-corrected chi connectivity index (χ4v) is 5.61. The van der Waals surface area contributed by atoms with Crippen LogP contribution in [0.3, 0.4) is 0 Å². The Balaban J connectivity index is 1.23. The Bertz CT molecular complexity index is 1190. The van der Waals surface area contributed by atoms with E-state index in [9.17, 15) is 9.90 Å². The first-order chi connectivity index (χ1) is 15.9. The maximum absolute atomic E-state index is 13.2. The summed E-state index contributed by atoms with van der Waals surface area (Å²) in [6.45, 7) is 2.73. The van der Waals surface area contributed by atoms with Gasteiger partial charge in [0.1, 0.15) is 0 Å². The molecule has 2 aliphatic rings. The lowest BCUT2D eigenvalue weighted by molar-refractivity contribution is -0.124. The minimum absolute atomic E-state index is 0.167. The molecule has 1 aromatic heterocycles. The molecule has 5 rings (SSSR count). The summed E-state index contributed by atoms with van der Waals surface area (Å²) in [6, 6.07) is 13.1. The van der Waals surface area contributed by atoms with Crippen molar-refractivity contribution in [1.82, 2.24) is 14.7 Å². The molecule has 0 radical (unpaired) electrons. The molecule has 1 unspecified atom stereocenters. The van der Waals surface area contributed by atoms with E-state index < -0.39 is 11.5 Å². The van der Waals surface area contributed by atoms with E-state index in [1.165, 1.54) is 0 Å². The molecule has 3 heterocycles. The summed E-state index contributed by atoms with van der Waals surface area (Å²) < 4.78 is 1.75. The van der Waals surface area contributed by atoms with Gasteiger partial charge in [0.25, 0.3) is 0 Å². The zero-order valence-electron chi connectivity index (χ0n) is 18.4. The van der Waals surface area contributed by atoms with Gasteiger partial charge in [0.2, 0.25) is 5.91 Å². The average molecular weight is 485 g/mol. The Morgan fingerprint density at radius 3 is 2.67 bits per heavy atom. The number of fused-ring (bicyclic) bond motifs is 2. The molecule has 2 aliphatic heterocycles. The lowest BCUT2D eigenvalue weighted by Gasteiger charge is -2.38. The van der Waals surface area contributed by atoms with E-state index in [0.29, 0.717) is 22.2 Å². The van der Waals surface area contributed by atoms with Crippen molar-refractivity contribution in [3.63, 3.8) is 0 Å². The molecule has 0 saturated carbocycles. The third-order valence-corrected chi connectivity index (χ3v) is 7.56. The number of amides is 1. The lowest BCUT2D eigenvalue weighted by Crippen LogP contribution is -2.47. The van der Waals surface area contributed by atoms with E-state index in [-0.39, 0.29) is 5.91 Å². The maximum atomic E-state index is 13.2. The summed E-state index contributed by atoms with van der Waals surface area (Å²) in [5.74, 6) is 0.167. The Kier molecular flexibility index (Phi) is 5.95. The second-order valence-electron chi connectivity index (χ2n) is 8.99. The van der Waals surface area contributed by atoms with E-state index in [2.05, 4.69) is 10.00 Å². The second-order valence-corrected chi connectivity index (χ2v) is 9.84. The van der Waals surface area contributed by atoms with E-state index in [1.807, 2.05) is 55.8 Å². The molecule has 1 saturated heterocycles. The molecule has 33 heavy (non-hydrogen) atoms. The predicted molar refractivity (Wildman–Crippen MR) is 130 cm³/mol. The van der Waals surface area contributed by atoms with E-state index in [4.69, 9.17) is 23.2 Å². The monoisotopic (exact) mass is 484 g/mol. The van der Waals surface area contributed by atoms with Crippen molar-refractivity contribution in [2.24, 2.45) is 0 Å². The van der Waals surface area contributed by atoms with Gasteiger partial charge in [-0.25, -0.2) is 0 Å². The molecule has 6 nitrogen and oxygen atoms in total. The van der Waals surface area contributed by atoms with Gasteiger partial charge < -0.3 is 10.0 Å². The molecule has 1 spiro atoms. The van der Waals surface area contributed by atoms with Crippen LogP contribution in [0.15, 0.2) is 54.9 Å². The molecule has 8 heteroatoms. The van der Waals surface area contributed by atoms with Crippen LogP contribution in [0.4, 0.5) is 5.69 Å². The van der Waals surface area contributed by atoms with Crippen LogP contribution in [-0.2, 0) is 23.3 Å². The number of anilines is 1. The number of piperidine rings is 1. The molecular formula is C25H26Cl2N4O2. The van der Waals surface area contributed by atoms with Crippen molar-refractivity contribution in [1.29, 1.82) is 0 Å². The molecule has 3 aromatic rings. The first-order valence-corrected chi connectivity index (χ1v) is 11.9. The Labute approximate surface area is 203 Å². The van der Waals surface area contributed by atoms with Gasteiger partial charge in [0.05, 0.1) is 24.3 Å². The molecule has 1 N–H and O–H groups in total. The Morgan fingerprint density at radius 2 is 1.91 bits per heavy atom. The highest BCUT2D eigenvalue weighted by Gasteiger charge is 2.50. The van der Waals surface area contributed by atoms with Gasteiger partial charge in [-0.3, -0.25) is 14.4 Å². The Morgan fingerprint density at radius 1 is 1.15 bits per heavy atom. The molecule has 1 atom stereocenters. The summed E-state index contributed by atoms with van der Waals surface area (Å²) in [6.07, 6.45) is 4.62. The van der Waals surface area contributed by atoms with Gasteiger partial charge in [0, 0.05) is 46.6 Å². The first-order valence-electron chi connectivity index (χ1n) is 11.1. The van der Waals surface area contributed by atoms with Gasteiger partial charge >= 0.3 is 0 Å². The van der Waals surface area contributed by atoms with Gasteiger partial charge in [0.15, 0.2) is 0 Å². The number of likely N-dealkylation sites (tertiary alicyclic amines) is 1. The Hall–Kier alpha value is -2.38. The van der Waals surface area contributed by atoms with Crippen LogP contribution < -0.4 is 4.90 Å². The van der Waals surface area contributed by atoms with Crippen molar-refractivity contribution in [3.05, 3.63) is 81.6 Å². The van der Waals surface area contributed by atoms with Crippen LogP contribution in [0.25, 0.3) is 0 Å². The highest BCUT2D eigenvalue weighted by atomic mass is 35.5. The minimum Gasteiger partial charge on any atom is -0.386 e. The van der Waals surface area contributed by atoms with Crippen molar-refractivity contribution in [2.45, 2.75) is 37.5 Å². The number of hydrogen-bond donors (Lipinski definition) is 1. The number of aromatic nitrogens is 2. The lowest BCUT2D eigenvalue weighted by atomic mass is 9.73. The number of halogens is 2. The summed E-state index contributed by atoms with van der Waals surface area (Å²) in [7, 11) is 1.85. The normalized spacial score (nSPS) is 18.7. The topological polar surface area (TPSA) is 61.6 Å². The van der Waals surface area contributed by atoms with Crippen molar-refractivity contribution < 1.29 is 9.90 Å². The number of hydrogen-bond acceptors (Lipinski definition) is 4. The van der Waals surface area contributed by atoms with Crippen LogP contribution in [0.2, 0.25) is 10.0 Å². The largest absolute Gasteiger partial charge is 0.386 e. The van der Waals surface area contributed by atoms with Crippen molar-refractivity contribution in [3.8, 4) is 0 Å². The van der Waals surface area contributed by atoms with Gasteiger partial charge in [-0.2, -0.15) is 5.10 Å². The number of aliphatic hydroxyl groups excluding tert-OH is 1. The average Bonchev–Trinajstić information content (AvgIpc) is 3.32. The van der Waals surface area contributed by atoms with Crippen LogP contribution in [0, 0.1) is 0 Å². The molecule has 0 aliphatic carbocycles. The number of likely N-dealkylation sites (N-methyl/N-ethyl adjacent to an activating group) is 1. The third-order valence-electron chi connectivity index (χ3n) is 6.98. The fourth-order valence-electron chi connectivity index (χ4n) is 5.17. The number of nitrogens with zero attached hydrogens (tertiary/aromatic N) is 4. The van der Waals surface area contributed by atoms with Gasteiger partial charge in [-0.1, -0.05) is 41.4 Å². The van der Waals surface area contributed by atoms with E-state index >= 15 is 0 Å². The van der Waals surface area contributed by atoms with Crippen LogP contribution in [0.5, 0.6) is 0 Å². The summed E-state index contributed by atoms with van der Waals surface area (Å²) in [4.78, 5) is 17.3. The standard InChI is InChI=1S/C25H26Cl2N4O2/c1-29-22-7-6-18(26)12-20(22)25(24(29)33)8-10-30(11-9-25)14-17-13-28-31(15-17)16-23(32)19-4-2-3-5-21(19)27/h2-7,12-13,15,23,32H,8-11,14,16H2,1H3. The number of carbonyl (C=O) groups excluding carboxylic acids is 1. The highest BCUT2D eigenvalue weighted by molar-refractivity contribution is 6.31. The zero-order chi connectivity index (χ0) is 23.2. The second kappa shape index (κ2) is 8.76. The fraction of sp³-hybridized carbons (Fsp3) is 0.360. The third kappa shape index (κ3) is 4.06. The predicted octanol–water partition coefficient (Wildman–Crippen LogP) is 4.43. The summed E-state index contributed by atoms with van der Waals surface area (Å²) in [5.41, 5.74) is 3.33. The van der Waals surface area contributed by atoms with Crippen molar-refractivity contribution in [2.75, 3.05) is 25.0 Å². The van der Waals surface area contributed by atoms with Crippen LogP contribution in [-0.4, -0.2) is 45.8 Å². The highest BCUT2D eigenvalue weighted by Crippen LogP contribution is 2.48. The van der Waals surface area contributed by atoms with E-state index in [1.54, 1.807) is 15.6 Å². The molecular weight excluding hydrogens is 459 g/mol. The van der Waals surface area contributed by atoms with Crippen LogP contribution in [0.1, 0.15) is 35.6 Å². The molecule has 2 aromatic carbocycles. The number of carbonyl (C=O) groups is 1. The van der Waals surface area contributed by atoms with Gasteiger partial charge in [-0.05, 0) is 55.8 Å². The summed E-state index contributed by atoms with van der Waals surface area (Å²) >= 11 is 12.5. The molecule has 1 amide bonds. The maximum Gasteiger partial charge on any atom is 0.237 e. The van der Waals surface area contributed by atoms with Gasteiger partial charge in [-0.15, -0.1) is 0 Å². The summed E-state index contributed by atoms with van der Waals surface area (Å²) in [5, 5.41) is 16.2. The zero-order valence-corrected chi connectivity index (χ0v) is 19.9. The number of rotatable bonds is 5. The number of aliphatic hydroxyl groups is 1.